The van der Waals surface area contributed by atoms with Gasteiger partial charge in [-0.2, -0.15) is 0 Å². The predicted octanol–water partition coefficient (Wildman–Crippen LogP) is 2.08. The summed E-state index contributed by atoms with van der Waals surface area (Å²) in [5.41, 5.74) is 0.691. The summed E-state index contributed by atoms with van der Waals surface area (Å²) in [6.45, 7) is 1.85. The predicted molar refractivity (Wildman–Crippen MR) is 78.3 cm³/mol. The van der Waals surface area contributed by atoms with Crippen molar-refractivity contribution in [1.29, 1.82) is 0 Å². The molecule has 1 atom stereocenters. The molecule has 102 valence electrons. The van der Waals surface area contributed by atoms with Crippen molar-refractivity contribution in [3.05, 3.63) is 22.4 Å². The zero-order chi connectivity index (χ0) is 12.3. The number of carbonyl (C=O) groups excluding carboxylic acids is 1. The highest BCUT2D eigenvalue weighted by Crippen LogP contribution is 2.13. The highest BCUT2D eigenvalue weighted by molar-refractivity contribution is 9.10. The van der Waals surface area contributed by atoms with Crippen molar-refractivity contribution in [3.63, 3.8) is 0 Å². The Morgan fingerprint density at radius 3 is 3.00 bits per heavy atom. The molecule has 4 nitrogen and oxygen atoms in total. The number of aryl methyl sites for hydroxylation is 1. The summed E-state index contributed by atoms with van der Waals surface area (Å²) >= 11 is 3.36. The lowest BCUT2D eigenvalue weighted by molar-refractivity contribution is 0.0944. The molecule has 18 heavy (non-hydrogen) atoms. The van der Waals surface area contributed by atoms with E-state index in [0.717, 1.165) is 24.0 Å². The first-order chi connectivity index (χ1) is 8.16. The van der Waals surface area contributed by atoms with Crippen LogP contribution in [0.3, 0.4) is 0 Å². The van der Waals surface area contributed by atoms with E-state index in [2.05, 4.69) is 26.6 Å². The van der Waals surface area contributed by atoms with Gasteiger partial charge in [0.15, 0.2) is 0 Å². The molecule has 0 radical (unpaired) electrons. The van der Waals surface area contributed by atoms with E-state index in [1.165, 1.54) is 12.8 Å². The van der Waals surface area contributed by atoms with E-state index in [9.17, 15) is 4.79 Å². The summed E-state index contributed by atoms with van der Waals surface area (Å²) < 4.78 is 2.76. The largest absolute Gasteiger partial charge is 0.351 e. The average molecular weight is 337 g/mol. The van der Waals surface area contributed by atoms with Gasteiger partial charge >= 0.3 is 0 Å². The molecule has 2 heterocycles. The van der Waals surface area contributed by atoms with Crippen LogP contribution in [-0.2, 0) is 7.05 Å². The van der Waals surface area contributed by atoms with Crippen LogP contribution in [0.25, 0.3) is 0 Å². The molecule has 2 N–H and O–H groups in total. The van der Waals surface area contributed by atoms with Gasteiger partial charge < -0.3 is 15.2 Å². The van der Waals surface area contributed by atoms with Crippen LogP contribution < -0.4 is 10.6 Å². The molecule has 0 aliphatic carbocycles. The molecule has 1 aliphatic rings. The number of hydrogen-bond acceptors (Lipinski definition) is 2. The van der Waals surface area contributed by atoms with E-state index in [0.29, 0.717) is 11.7 Å². The molecule has 1 amide bonds. The van der Waals surface area contributed by atoms with Gasteiger partial charge in [0.05, 0.1) is 0 Å². The van der Waals surface area contributed by atoms with Crippen LogP contribution in [-0.4, -0.2) is 29.6 Å². The van der Waals surface area contributed by atoms with Crippen LogP contribution in [0.2, 0.25) is 0 Å². The Morgan fingerprint density at radius 2 is 2.44 bits per heavy atom. The first-order valence-corrected chi connectivity index (χ1v) is 6.79. The highest BCUT2D eigenvalue weighted by atomic mass is 79.9. The Balaban J connectivity index is 0.00000162. The molecule has 0 unspecified atom stereocenters. The molecule has 6 heteroatoms. The molecule has 1 saturated heterocycles. The first kappa shape index (κ1) is 15.5. The third-order valence-corrected chi connectivity index (χ3v) is 3.58. The van der Waals surface area contributed by atoms with E-state index in [1.54, 1.807) is 0 Å². The Kier molecular flexibility index (Phi) is 6.18. The molecular weight excluding hydrogens is 318 g/mol. The van der Waals surface area contributed by atoms with Gasteiger partial charge in [-0.3, -0.25) is 4.79 Å². The smallest absolute Gasteiger partial charge is 0.267 e. The molecule has 0 saturated carbocycles. The lowest BCUT2D eigenvalue weighted by Gasteiger charge is -2.10. The van der Waals surface area contributed by atoms with Crippen LogP contribution in [0.4, 0.5) is 0 Å². The quantitative estimate of drug-likeness (QED) is 0.884. The minimum absolute atomic E-state index is 0. The van der Waals surface area contributed by atoms with Crippen molar-refractivity contribution in [2.45, 2.75) is 25.3 Å². The van der Waals surface area contributed by atoms with Crippen LogP contribution in [0.15, 0.2) is 16.7 Å². The summed E-state index contributed by atoms with van der Waals surface area (Å²) in [6.07, 6.45) is 5.37. The fourth-order valence-electron chi connectivity index (χ4n) is 2.20. The SMILES string of the molecule is Cl.Cn1cc(Br)cc1C(=O)NCC[C@H]1CCCN1. The maximum atomic E-state index is 11.9. The van der Waals surface area contributed by atoms with E-state index in [-0.39, 0.29) is 18.3 Å². The number of nitrogens with one attached hydrogen (secondary N) is 2. The minimum Gasteiger partial charge on any atom is -0.351 e. The molecule has 0 bridgehead atoms. The average Bonchev–Trinajstić information content (AvgIpc) is 2.88. The maximum Gasteiger partial charge on any atom is 0.267 e. The number of rotatable bonds is 4. The topological polar surface area (TPSA) is 46.1 Å². The van der Waals surface area contributed by atoms with Crippen LogP contribution >= 0.6 is 28.3 Å². The van der Waals surface area contributed by atoms with E-state index in [4.69, 9.17) is 0 Å². The fourth-order valence-corrected chi connectivity index (χ4v) is 2.73. The molecule has 1 aliphatic heterocycles. The number of halogens is 2. The standard InChI is InChI=1S/C12H18BrN3O.ClH/c1-16-8-9(13)7-11(16)12(17)15-6-4-10-3-2-5-14-10;/h7-8,10,14H,2-6H2,1H3,(H,15,17);1H/t10-;/m1./s1. The molecular formula is C12H19BrClN3O. The first-order valence-electron chi connectivity index (χ1n) is 6.00. The normalized spacial score (nSPS) is 18.4. The summed E-state index contributed by atoms with van der Waals surface area (Å²) in [7, 11) is 1.87. The summed E-state index contributed by atoms with van der Waals surface area (Å²) in [4.78, 5) is 11.9. The van der Waals surface area contributed by atoms with Crippen molar-refractivity contribution in [2.24, 2.45) is 7.05 Å². The molecule has 0 aromatic carbocycles. The van der Waals surface area contributed by atoms with Gasteiger partial charge in [0.1, 0.15) is 5.69 Å². The Hall–Kier alpha value is -0.520. The maximum absolute atomic E-state index is 11.9. The fraction of sp³-hybridized carbons (Fsp3) is 0.583. The molecule has 2 rings (SSSR count). The Morgan fingerprint density at radius 1 is 1.67 bits per heavy atom. The number of nitrogens with zero attached hydrogens (tertiary/aromatic N) is 1. The lowest BCUT2D eigenvalue weighted by Crippen LogP contribution is -2.31. The van der Waals surface area contributed by atoms with Gasteiger partial charge in [-0.25, -0.2) is 0 Å². The van der Waals surface area contributed by atoms with Crippen molar-refractivity contribution in [1.82, 2.24) is 15.2 Å². The summed E-state index contributed by atoms with van der Waals surface area (Å²) in [5.74, 6) is -0.00352. The lowest BCUT2D eigenvalue weighted by atomic mass is 10.1. The second kappa shape index (κ2) is 7.16. The monoisotopic (exact) mass is 335 g/mol. The number of hydrogen-bond donors (Lipinski definition) is 2. The zero-order valence-electron chi connectivity index (χ0n) is 10.4. The van der Waals surface area contributed by atoms with Crippen molar-refractivity contribution >= 4 is 34.2 Å². The third-order valence-electron chi connectivity index (χ3n) is 3.14. The number of amides is 1. The number of carbonyl (C=O) groups is 1. The molecule has 1 fully saturated rings. The van der Waals surface area contributed by atoms with Crippen molar-refractivity contribution in [2.75, 3.05) is 13.1 Å². The van der Waals surface area contributed by atoms with Crippen molar-refractivity contribution < 1.29 is 4.79 Å². The second-order valence-corrected chi connectivity index (χ2v) is 5.41. The van der Waals surface area contributed by atoms with Gasteiger partial charge in [0.2, 0.25) is 0 Å². The van der Waals surface area contributed by atoms with Crippen LogP contribution in [0.5, 0.6) is 0 Å². The summed E-state index contributed by atoms with van der Waals surface area (Å²) in [5, 5.41) is 6.38. The van der Waals surface area contributed by atoms with Crippen LogP contribution in [0.1, 0.15) is 29.8 Å². The van der Waals surface area contributed by atoms with Gasteiger partial charge in [-0.15, -0.1) is 12.4 Å². The van der Waals surface area contributed by atoms with Gasteiger partial charge in [0, 0.05) is 30.3 Å². The summed E-state index contributed by atoms with van der Waals surface area (Å²) in [6, 6.07) is 2.42. The van der Waals surface area contributed by atoms with E-state index >= 15 is 0 Å². The zero-order valence-corrected chi connectivity index (χ0v) is 12.8. The van der Waals surface area contributed by atoms with Crippen LogP contribution in [0, 0.1) is 0 Å². The van der Waals surface area contributed by atoms with Gasteiger partial charge in [-0.05, 0) is 47.8 Å². The van der Waals surface area contributed by atoms with E-state index < -0.39 is 0 Å². The second-order valence-electron chi connectivity index (χ2n) is 4.49. The molecule has 1 aromatic heterocycles. The third kappa shape index (κ3) is 4.00. The number of aromatic nitrogens is 1. The molecule has 0 spiro atoms. The minimum atomic E-state index is -0.00352. The Bertz CT molecular complexity index is 402. The van der Waals surface area contributed by atoms with Gasteiger partial charge in [-0.1, -0.05) is 0 Å². The Labute approximate surface area is 122 Å². The molecule has 1 aromatic rings. The van der Waals surface area contributed by atoms with E-state index in [1.807, 2.05) is 23.9 Å². The van der Waals surface area contributed by atoms with Crippen molar-refractivity contribution in [3.8, 4) is 0 Å². The highest BCUT2D eigenvalue weighted by Gasteiger charge is 2.15. The van der Waals surface area contributed by atoms with Gasteiger partial charge in [0.25, 0.3) is 5.91 Å².